The lowest BCUT2D eigenvalue weighted by molar-refractivity contribution is -0.137. The maximum Gasteiger partial charge on any atom is 0.407 e. The number of amides is 8. The molecule has 9 N–H and O–H groups in total. The van der Waals surface area contributed by atoms with Crippen molar-refractivity contribution in [3.63, 3.8) is 0 Å². The molecule has 23 heteroatoms. The number of hydrogen-bond donors (Lipinski definition) is 7. The number of nitrogen functional groups attached to an aromatic ring is 1. The topological polar surface area (TPSA) is 322 Å². The predicted molar refractivity (Wildman–Crippen MR) is 280 cm³/mol. The molecule has 1 saturated heterocycles. The van der Waals surface area contributed by atoms with Gasteiger partial charge in [-0.05, 0) is 74.4 Å². The van der Waals surface area contributed by atoms with Gasteiger partial charge >= 0.3 is 12.1 Å². The Morgan fingerprint density at radius 1 is 0.855 bits per heavy atom. The van der Waals surface area contributed by atoms with E-state index in [1.165, 1.54) is 18.3 Å². The Labute approximate surface area is 440 Å². The maximum absolute atomic E-state index is 13.6. The summed E-state index contributed by atoms with van der Waals surface area (Å²) in [6.07, 6.45) is 8.74. The van der Waals surface area contributed by atoms with Crippen LogP contribution in [0.4, 0.5) is 26.8 Å². The Bertz CT molecular complexity index is 2710. The zero-order valence-electron chi connectivity index (χ0n) is 42.9. The lowest BCUT2D eigenvalue weighted by atomic mass is 10.0. The zero-order chi connectivity index (χ0) is 54.6. The number of primary amides is 1. The molecule has 0 aliphatic carbocycles. The van der Waals surface area contributed by atoms with E-state index in [4.69, 9.17) is 25.7 Å². The SMILES string of the molecule is CC(COc1cccc(-c2cnc(N)c(C(=O)Cc3cnccc3N3CCOCC3)n2)c1)NC(=O)OCc1ccc(NC(=O)[C@H](CCCNC(N)=O)NC(=O)[C@@H](NC(=O)CCCCCN2C(=O)C=CC2=O)C(C)C)cc1. The van der Waals surface area contributed by atoms with Crippen LogP contribution in [0.3, 0.4) is 0 Å². The van der Waals surface area contributed by atoms with Crippen LogP contribution in [0.25, 0.3) is 11.3 Å². The first-order valence-electron chi connectivity index (χ1n) is 25.2. The Balaban J connectivity index is 0.946. The summed E-state index contributed by atoms with van der Waals surface area (Å²) >= 11 is 0. The quantitative estimate of drug-likeness (QED) is 0.0255. The highest BCUT2D eigenvalue weighted by molar-refractivity contribution is 6.12. The molecular weight excluding hydrogens is 981 g/mol. The van der Waals surface area contributed by atoms with Crippen LogP contribution >= 0.6 is 0 Å². The van der Waals surface area contributed by atoms with Gasteiger partial charge in [0.05, 0.1) is 31.1 Å². The Kier molecular flexibility index (Phi) is 21.1. The standard InChI is InChI=1S/C53H66N12O11/c1-33(2)47(63-44(67)12-5-4-6-22-65-45(68)17-18-46(65)69)51(71)62-40(11-8-20-57-52(55)72)50(70)60-38-15-13-35(14-16-38)32-76-53(73)59-34(3)31-75-39-10-7-9-36(27-39)41-30-58-49(54)48(61-41)43(66)28-37-29-56-21-19-42(37)64-23-25-74-26-24-64/h7,9-10,13-19,21,27,29-30,33-34,40,47H,4-6,8,11-12,20,22-26,28,31-32H2,1-3H3,(H2,54,58)(H,59,73)(H,60,70)(H,62,71)(H,63,67)(H3,55,57,72)/t34?,40-,47-/m0/s1. The van der Waals surface area contributed by atoms with Crippen molar-refractivity contribution >= 4 is 64.6 Å². The smallest absolute Gasteiger partial charge is 0.407 e. The van der Waals surface area contributed by atoms with Gasteiger partial charge in [-0.15, -0.1) is 0 Å². The summed E-state index contributed by atoms with van der Waals surface area (Å²) in [4.78, 5) is 118. The lowest BCUT2D eigenvalue weighted by Crippen LogP contribution is -2.54. The average molecular weight is 1050 g/mol. The van der Waals surface area contributed by atoms with Crippen molar-refractivity contribution in [3.05, 3.63) is 102 Å². The number of carbonyl (C=O) groups is 8. The fourth-order valence-electron chi connectivity index (χ4n) is 8.19. The van der Waals surface area contributed by atoms with E-state index in [1.54, 1.807) is 81.7 Å². The van der Waals surface area contributed by atoms with E-state index >= 15 is 0 Å². The second kappa shape index (κ2) is 28.3. The van der Waals surface area contributed by atoms with Crippen molar-refractivity contribution < 1.29 is 52.6 Å². The van der Waals surface area contributed by atoms with Crippen LogP contribution in [0, 0.1) is 5.92 Å². The van der Waals surface area contributed by atoms with Gasteiger partial charge in [0.2, 0.25) is 17.7 Å². The molecule has 4 heterocycles. The van der Waals surface area contributed by atoms with Crippen molar-refractivity contribution in [2.75, 3.05) is 62.0 Å². The van der Waals surface area contributed by atoms with Crippen LogP contribution in [-0.2, 0) is 46.5 Å². The van der Waals surface area contributed by atoms with E-state index in [1.807, 2.05) is 6.07 Å². The molecule has 8 amide bonds. The van der Waals surface area contributed by atoms with Crippen LogP contribution in [0.5, 0.6) is 5.75 Å². The number of ketones is 1. The Hall–Kier alpha value is -8.47. The number of nitrogens with zero attached hydrogens (tertiary/aromatic N) is 5. The number of unbranched alkanes of at least 4 members (excludes halogenated alkanes) is 2. The Morgan fingerprint density at radius 3 is 2.33 bits per heavy atom. The van der Waals surface area contributed by atoms with Gasteiger partial charge in [-0.1, -0.05) is 44.5 Å². The zero-order valence-corrected chi connectivity index (χ0v) is 42.9. The van der Waals surface area contributed by atoms with Gasteiger partial charge in [0.15, 0.2) is 11.6 Å². The Morgan fingerprint density at radius 2 is 1.61 bits per heavy atom. The predicted octanol–water partition coefficient (Wildman–Crippen LogP) is 3.57. The van der Waals surface area contributed by atoms with Crippen LogP contribution in [0.1, 0.15) is 80.9 Å². The highest BCUT2D eigenvalue weighted by Crippen LogP contribution is 2.26. The number of ether oxygens (including phenoxy) is 3. The number of nitrogens with two attached hydrogens (primary N) is 2. The maximum atomic E-state index is 13.6. The number of nitrogens with one attached hydrogen (secondary N) is 5. The number of morpholine rings is 1. The summed E-state index contributed by atoms with van der Waals surface area (Å²) < 4.78 is 16.9. The molecule has 0 bridgehead atoms. The first-order chi connectivity index (χ1) is 36.5. The third-order valence-corrected chi connectivity index (χ3v) is 12.3. The number of imide groups is 1. The molecule has 76 heavy (non-hydrogen) atoms. The van der Waals surface area contributed by atoms with Gasteiger partial charge in [0, 0.05) is 86.1 Å². The summed E-state index contributed by atoms with van der Waals surface area (Å²) in [5.41, 5.74) is 15.1. The minimum atomic E-state index is -1.06. The van der Waals surface area contributed by atoms with E-state index in [0.717, 1.165) is 16.2 Å². The van der Waals surface area contributed by atoms with E-state index in [9.17, 15) is 38.4 Å². The molecule has 2 aliphatic rings. The third kappa shape index (κ3) is 17.3. The summed E-state index contributed by atoms with van der Waals surface area (Å²) in [6, 6.07) is 12.3. The molecule has 23 nitrogen and oxygen atoms in total. The first kappa shape index (κ1) is 56.8. The molecular formula is C53H66N12O11. The summed E-state index contributed by atoms with van der Waals surface area (Å²) in [7, 11) is 0. The third-order valence-electron chi connectivity index (χ3n) is 12.3. The number of benzene rings is 2. The number of Topliss-reactive ketones (excluding diaryl/α,β-unsaturated/α-hetero) is 1. The highest BCUT2D eigenvalue weighted by Gasteiger charge is 2.29. The minimum absolute atomic E-state index is 0.0145. The molecule has 0 spiro atoms. The van der Waals surface area contributed by atoms with Gasteiger partial charge in [-0.3, -0.25) is 38.7 Å². The normalized spacial score (nSPS) is 14.4. The van der Waals surface area contributed by atoms with Crippen LogP contribution in [-0.4, -0.2) is 131 Å². The molecule has 3 atom stereocenters. The van der Waals surface area contributed by atoms with Crippen molar-refractivity contribution in [2.45, 2.75) is 90.4 Å². The van der Waals surface area contributed by atoms with E-state index < -0.39 is 42.1 Å². The van der Waals surface area contributed by atoms with Gasteiger partial charge in [0.25, 0.3) is 11.8 Å². The second-order valence-electron chi connectivity index (χ2n) is 18.6. The molecule has 2 aromatic carbocycles. The molecule has 0 saturated carbocycles. The van der Waals surface area contributed by atoms with Crippen LogP contribution in [0.15, 0.2) is 85.3 Å². The van der Waals surface area contributed by atoms with Crippen molar-refractivity contribution in [3.8, 4) is 17.0 Å². The second-order valence-corrected chi connectivity index (χ2v) is 18.6. The molecule has 0 radical (unpaired) electrons. The van der Waals surface area contributed by atoms with E-state index in [2.05, 4.69) is 46.4 Å². The van der Waals surface area contributed by atoms with Gasteiger partial charge < -0.3 is 57.2 Å². The van der Waals surface area contributed by atoms with E-state index in [0.29, 0.717) is 73.8 Å². The number of pyridine rings is 1. The van der Waals surface area contributed by atoms with Crippen molar-refractivity contribution in [1.82, 2.24) is 41.1 Å². The lowest BCUT2D eigenvalue weighted by Gasteiger charge is -2.30. The summed E-state index contributed by atoms with van der Waals surface area (Å²) in [6.45, 7) is 8.26. The first-order valence-corrected chi connectivity index (χ1v) is 25.2. The largest absolute Gasteiger partial charge is 0.491 e. The monoisotopic (exact) mass is 1050 g/mol. The van der Waals surface area contributed by atoms with Crippen LogP contribution in [0.2, 0.25) is 0 Å². The van der Waals surface area contributed by atoms with Crippen LogP contribution < -0.4 is 47.7 Å². The number of urea groups is 1. The molecule has 2 aromatic heterocycles. The number of aromatic nitrogens is 3. The molecule has 404 valence electrons. The van der Waals surface area contributed by atoms with Crippen molar-refractivity contribution in [2.24, 2.45) is 11.7 Å². The van der Waals surface area contributed by atoms with Gasteiger partial charge in [-0.2, -0.15) is 0 Å². The number of rotatable bonds is 27. The molecule has 2 aliphatic heterocycles. The molecule has 4 aromatic rings. The minimum Gasteiger partial charge on any atom is -0.491 e. The van der Waals surface area contributed by atoms with Gasteiger partial charge in [-0.25, -0.2) is 19.6 Å². The molecule has 1 fully saturated rings. The average Bonchev–Trinajstić information content (AvgIpc) is 3.73. The number of carbonyl (C=O) groups excluding carboxylic acids is 8. The molecule has 6 rings (SSSR count). The highest BCUT2D eigenvalue weighted by atomic mass is 16.5. The molecule has 1 unspecified atom stereocenters. The van der Waals surface area contributed by atoms with Gasteiger partial charge in [0.1, 0.15) is 36.7 Å². The number of alkyl carbamates (subject to hydrolysis) is 1. The fraction of sp³-hybridized carbons (Fsp3) is 0.415. The fourth-order valence-corrected chi connectivity index (χ4v) is 8.19. The summed E-state index contributed by atoms with van der Waals surface area (Å²) in [5.74, 6) is -2.36. The summed E-state index contributed by atoms with van der Waals surface area (Å²) in [5, 5.41) is 13.5. The number of hydrogen-bond acceptors (Lipinski definition) is 16. The van der Waals surface area contributed by atoms with Crippen molar-refractivity contribution in [1.29, 1.82) is 0 Å². The number of anilines is 3. The van der Waals surface area contributed by atoms with E-state index in [-0.39, 0.29) is 92.9 Å².